The molecule has 27 heavy (non-hydrogen) atoms. The van der Waals surface area contributed by atoms with Crippen molar-refractivity contribution in [1.29, 1.82) is 0 Å². The van der Waals surface area contributed by atoms with E-state index in [4.69, 9.17) is 4.84 Å². The van der Waals surface area contributed by atoms with Crippen molar-refractivity contribution in [3.05, 3.63) is 35.4 Å². The van der Waals surface area contributed by atoms with Crippen LogP contribution in [-0.2, 0) is 14.4 Å². The predicted octanol–water partition coefficient (Wildman–Crippen LogP) is 0.784. The van der Waals surface area contributed by atoms with Gasteiger partial charge in [-0.05, 0) is 31.0 Å². The van der Waals surface area contributed by atoms with E-state index in [1.54, 1.807) is 7.05 Å². The molecule has 7 nitrogen and oxygen atoms in total. The van der Waals surface area contributed by atoms with Crippen LogP contribution in [0, 0.1) is 11.6 Å². The number of piperidine rings is 1. The molecule has 9 heteroatoms. The van der Waals surface area contributed by atoms with Crippen molar-refractivity contribution in [3.63, 3.8) is 0 Å². The zero-order valence-electron chi connectivity index (χ0n) is 15.0. The third kappa shape index (κ3) is 4.79. The molecular formula is C18H22F2N4O3. The van der Waals surface area contributed by atoms with Gasteiger partial charge in [-0.1, -0.05) is 5.16 Å². The van der Waals surface area contributed by atoms with Gasteiger partial charge in [-0.3, -0.25) is 14.5 Å². The summed E-state index contributed by atoms with van der Waals surface area (Å²) in [7, 11) is 1.60. The second-order valence-electron chi connectivity index (χ2n) is 6.69. The fourth-order valence-corrected chi connectivity index (χ4v) is 3.21. The number of carbonyl (C=O) groups excluding carboxylic acids is 2. The summed E-state index contributed by atoms with van der Waals surface area (Å²) in [6, 6.07) is 3.07. The van der Waals surface area contributed by atoms with E-state index in [0.29, 0.717) is 19.6 Å². The van der Waals surface area contributed by atoms with Gasteiger partial charge in [0.15, 0.2) is 0 Å². The zero-order valence-corrected chi connectivity index (χ0v) is 15.0. The predicted molar refractivity (Wildman–Crippen MR) is 94.1 cm³/mol. The molecule has 0 bridgehead atoms. The van der Waals surface area contributed by atoms with Gasteiger partial charge in [0.2, 0.25) is 12.0 Å². The van der Waals surface area contributed by atoms with E-state index >= 15 is 0 Å². The van der Waals surface area contributed by atoms with E-state index in [9.17, 15) is 18.4 Å². The first kappa shape index (κ1) is 19.2. The SMILES string of the molecule is CNC(=O)CN1CCC(NC(=O)C2CC(c3cc(F)ccc3F)=NO2)CC1. The summed E-state index contributed by atoms with van der Waals surface area (Å²) < 4.78 is 27.2. The highest BCUT2D eigenvalue weighted by Gasteiger charge is 2.32. The molecule has 2 N–H and O–H groups in total. The number of nitrogens with one attached hydrogen (secondary N) is 2. The van der Waals surface area contributed by atoms with Crippen LogP contribution in [-0.4, -0.2) is 61.3 Å². The van der Waals surface area contributed by atoms with Crippen molar-refractivity contribution in [2.24, 2.45) is 5.16 Å². The van der Waals surface area contributed by atoms with Gasteiger partial charge in [0, 0.05) is 38.2 Å². The van der Waals surface area contributed by atoms with Gasteiger partial charge in [0.25, 0.3) is 5.91 Å². The normalized spacial score (nSPS) is 20.7. The maximum Gasteiger partial charge on any atom is 0.264 e. The molecule has 2 amide bonds. The molecule has 0 radical (unpaired) electrons. The number of halogens is 2. The Morgan fingerprint density at radius 1 is 1.30 bits per heavy atom. The number of benzene rings is 1. The Hall–Kier alpha value is -2.55. The van der Waals surface area contributed by atoms with Crippen LogP contribution in [0.15, 0.2) is 23.4 Å². The first-order chi connectivity index (χ1) is 13.0. The first-order valence-corrected chi connectivity index (χ1v) is 8.87. The molecular weight excluding hydrogens is 358 g/mol. The van der Waals surface area contributed by atoms with Crippen LogP contribution in [0.1, 0.15) is 24.8 Å². The van der Waals surface area contributed by atoms with E-state index in [2.05, 4.69) is 15.8 Å². The average molecular weight is 380 g/mol. The summed E-state index contributed by atoms with van der Waals surface area (Å²) in [5.74, 6) is -1.55. The number of nitrogens with zero attached hydrogens (tertiary/aromatic N) is 2. The monoisotopic (exact) mass is 380 g/mol. The van der Waals surface area contributed by atoms with Gasteiger partial charge >= 0.3 is 0 Å². The van der Waals surface area contributed by atoms with Crippen LogP contribution >= 0.6 is 0 Å². The quantitative estimate of drug-likeness (QED) is 0.791. The minimum Gasteiger partial charge on any atom is -0.382 e. The fourth-order valence-electron chi connectivity index (χ4n) is 3.21. The molecule has 0 spiro atoms. The minimum atomic E-state index is -0.855. The number of likely N-dealkylation sites (N-methyl/N-ethyl adjacent to an activating group) is 1. The summed E-state index contributed by atoms with van der Waals surface area (Å²) in [5.41, 5.74) is 0.223. The molecule has 3 rings (SSSR count). The Balaban J connectivity index is 1.48. The maximum absolute atomic E-state index is 13.8. The molecule has 1 aromatic carbocycles. The molecule has 146 valence electrons. The number of rotatable bonds is 5. The number of amides is 2. The molecule has 2 aliphatic rings. The summed E-state index contributed by atoms with van der Waals surface area (Å²) in [5, 5.41) is 9.26. The van der Waals surface area contributed by atoms with Crippen LogP contribution in [0.4, 0.5) is 8.78 Å². The van der Waals surface area contributed by atoms with E-state index in [0.717, 1.165) is 31.0 Å². The molecule has 0 saturated carbocycles. The lowest BCUT2D eigenvalue weighted by molar-refractivity contribution is -0.132. The molecule has 1 aromatic rings. The lowest BCUT2D eigenvalue weighted by atomic mass is 10.0. The fraction of sp³-hybridized carbons (Fsp3) is 0.500. The Labute approximate surface area is 155 Å². The second-order valence-corrected chi connectivity index (χ2v) is 6.69. The second kappa shape index (κ2) is 8.43. The molecule has 2 heterocycles. The molecule has 1 fully saturated rings. The molecule has 1 atom stereocenters. The Bertz CT molecular complexity index is 748. The van der Waals surface area contributed by atoms with Gasteiger partial charge < -0.3 is 15.5 Å². The van der Waals surface area contributed by atoms with Gasteiger partial charge in [-0.25, -0.2) is 8.78 Å². The molecule has 0 aromatic heterocycles. The van der Waals surface area contributed by atoms with E-state index in [-0.39, 0.29) is 35.6 Å². The van der Waals surface area contributed by atoms with Crippen molar-refractivity contribution in [2.45, 2.75) is 31.4 Å². The summed E-state index contributed by atoms with van der Waals surface area (Å²) in [6.07, 6.45) is 0.678. The largest absolute Gasteiger partial charge is 0.382 e. The molecule has 1 unspecified atom stereocenters. The topological polar surface area (TPSA) is 83.0 Å². The van der Waals surface area contributed by atoms with Gasteiger partial charge in [0.05, 0.1) is 12.3 Å². The van der Waals surface area contributed by atoms with Crippen LogP contribution in [0.2, 0.25) is 0 Å². The Kier molecular flexibility index (Phi) is 6.00. The van der Waals surface area contributed by atoms with E-state index in [1.807, 2.05) is 4.90 Å². The van der Waals surface area contributed by atoms with Gasteiger partial charge in [-0.15, -0.1) is 0 Å². The number of oxime groups is 1. The van der Waals surface area contributed by atoms with Crippen LogP contribution < -0.4 is 10.6 Å². The highest BCUT2D eigenvalue weighted by atomic mass is 19.1. The van der Waals surface area contributed by atoms with Crippen LogP contribution in [0.25, 0.3) is 0 Å². The highest BCUT2D eigenvalue weighted by Crippen LogP contribution is 2.21. The van der Waals surface area contributed by atoms with Crippen molar-refractivity contribution in [3.8, 4) is 0 Å². The van der Waals surface area contributed by atoms with E-state index in [1.165, 1.54) is 0 Å². The first-order valence-electron chi connectivity index (χ1n) is 8.87. The van der Waals surface area contributed by atoms with Gasteiger partial charge in [-0.2, -0.15) is 0 Å². The Morgan fingerprint density at radius 2 is 2.04 bits per heavy atom. The van der Waals surface area contributed by atoms with Crippen molar-refractivity contribution in [2.75, 3.05) is 26.7 Å². The third-order valence-corrected chi connectivity index (χ3v) is 4.78. The zero-order chi connectivity index (χ0) is 19.4. The number of likely N-dealkylation sites (tertiary alicyclic amines) is 1. The van der Waals surface area contributed by atoms with Crippen molar-refractivity contribution < 1.29 is 23.2 Å². The van der Waals surface area contributed by atoms with Crippen molar-refractivity contribution >= 4 is 17.5 Å². The van der Waals surface area contributed by atoms with Crippen molar-refractivity contribution in [1.82, 2.24) is 15.5 Å². The summed E-state index contributed by atoms with van der Waals surface area (Å²) >= 11 is 0. The highest BCUT2D eigenvalue weighted by molar-refractivity contribution is 6.04. The number of hydrogen-bond donors (Lipinski definition) is 2. The summed E-state index contributed by atoms with van der Waals surface area (Å²) in [4.78, 5) is 31.0. The Morgan fingerprint density at radius 3 is 2.74 bits per heavy atom. The molecule has 1 saturated heterocycles. The lowest BCUT2D eigenvalue weighted by Crippen LogP contribution is -2.49. The average Bonchev–Trinajstić information content (AvgIpc) is 3.15. The standard InChI is InChI=1S/C18H22F2N4O3/c1-21-17(25)10-24-6-4-12(5-7-24)22-18(26)16-9-15(23-27-16)13-8-11(19)2-3-14(13)20/h2-3,8,12,16H,4-7,9-10H2,1H3,(H,21,25)(H,22,26). The van der Waals surface area contributed by atoms with E-state index < -0.39 is 17.7 Å². The smallest absolute Gasteiger partial charge is 0.264 e. The van der Waals surface area contributed by atoms with Gasteiger partial charge in [0.1, 0.15) is 11.6 Å². The van der Waals surface area contributed by atoms with Crippen LogP contribution in [0.3, 0.4) is 0 Å². The molecule has 2 aliphatic heterocycles. The lowest BCUT2D eigenvalue weighted by Gasteiger charge is -2.32. The number of hydrogen-bond acceptors (Lipinski definition) is 5. The maximum atomic E-state index is 13.8. The summed E-state index contributed by atoms with van der Waals surface area (Å²) in [6.45, 7) is 1.76. The van der Waals surface area contributed by atoms with Crippen LogP contribution in [0.5, 0.6) is 0 Å². The molecule has 0 aliphatic carbocycles. The minimum absolute atomic E-state index is 0.00723. The number of carbonyl (C=O) groups is 2. The third-order valence-electron chi connectivity index (χ3n) is 4.78.